The molecular weight excluding hydrogens is 306 g/mol. The average molecular weight is 325 g/mol. The van der Waals surface area contributed by atoms with Crippen LogP contribution in [0.5, 0.6) is 0 Å². The number of para-hydroxylation sites is 1. The second kappa shape index (κ2) is 8.37. The Morgan fingerprint density at radius 3 is 2.78 bits per heavy atom. The molecule has 0 radical (unpaired) electrons. The van der Waals surface area contributed by atoms with Crippen molar-refractivity contribution >= 4 is 23.4 Å². The van der Waals surface area contributed by atoms with Gasteiger partial charge in [0.1, 0.15) is 0 Å². The number of hydrogen-bond donors (Lipinski definition) is 1. The molecule has 2 aromatic carbocycles. The van der Waals surface area contributed by atoms with E-state index in [2.05, 4.69) is 11.4 Å². The smallest absolute Gasteiger partial charge is 0.238 e. The molecule has 23 heavy (non-hydrogen) atoms. The van der Waals surface area contributed by atoms with Crippen molar-refractivity contribution in [2.24, 2.45) is 0 Å². The Bertz CT molecular complexity index is 724. The third-order valence-electron chi connectivity index (χ3n) is 3.30. The number of nitrogens with zero attached hydrogens (tertiary/aromatic N) is 2. The number of likely N-dealkylation sites (N-methyl/N-ethyl adjacent to an activating group) is 1. The largest absolute Gasteiger partial charge is 0.324 e. The van der Waals surface area contributed by atoms with Crippen LogP contribution in [0.4, 0.5) is 5.69 Å². The number of thioether (sulfide) groups is 1. The third-order valence-corrected chi connectivity index (χ3v) is 4.10. The zero-order valence-corrected chi connectivity index (χ0v) is 14.1. The Morgan fingerprint density at radius 1 is 1.26 bits per heavy atom. The number of carbonyl (C=O) groups excluding carboxylic acids is 1. The zero-order chi connectivity index (χ0) is 16.7. The Balaban J connectivity index is 1.93. The fourth-order valence-electron chi connectivity index (χ4n) is 2.29. The van der Waals surface area contributed by atoms with Gasteiger partial charge in [0.2, 0.25) is 5.91 Å². The minimum atomic E-state index is -0.0505. The van der Waals surface area contributed by atoms with E-state index in [0.29, 0.717) is 18.7 Å². The van der Waals surface area contributed by atoms with Crippen molar-refractivity contribution in [1.82, 2.24) is 4.90 Å². The van der Waals surface area contributed by atoms with Crippen LogP contribution in [0.15, 0.2) is 53.4 Å². The van der Waals surface area contributed by atoms with Gasteiger partial charge in [-0.05, 0) is 43.1 Å². The lowest BCUT2D eigenvalue weighted by Gasteiger charge is -2.17. The van der Waals surface area contributed by atoms with E-state index in [1.165, 1.54) is 0 Å². The summed E-state index contributed by atoms with van der Waals surface area (Å²) in [5, 5.41) is 11.9. The highest BCUT2D eigenvalue weighted by molar-refractivity contribution is 7.98. The first-order chi connectivity index (χ1) is 11.1. The first-order valence-corrected chi connectivity index (χ1v) is 8.45. The molecule has 2 aromatic rings. The van der Waals surface area contributed by atoms with Crippen LogP contribution in [0.1, 0.15) is 11.1 Å². The standard InChI is InChI=1S/C18H19N3OS/c1-21(12-15-7-5-6-14(10-15)11-19)13-18(22)20-16-8-3-4-9-17(16)23-2/h3-10H,12-13H2,1-2H3,(H,20,22). The van der Waals surface area contributed by atoms with Crippen LogP contribution in [0.25, 0.3) is 0 Å². The molecule has 0 saturated carbocycles. The van der Waals surface area contributed by atoms with Crippen LogP contribution in [0.2, 0.25) is 0 Å². The summed E-state index contributed by atoms with van der Waals surface area (Å²) in [5.41, 5.74) is 2.49. The second-order valence-electron chi connectivity index (χ2n) is 5.23. The van der Waals surface area contributed by atoms with Gasteiger partial charge in [-0.1, -0.05) is 24.3 Å². The molecule has 0 spiro atoms. The molecule has 0 fully saturated rings. The Labute approximate surface area is 141 Å². The molecule has 0 aromatic heterocycles. The number of hydrogen-bond acceptors (Lipinski definition) is 4. The molecule has 0 bridgehead atoms. The van der Waals surface area contributed by atoms with E-state index in [4.69, 9.17) is 5.26 Å². The molecule has 0 aliphatic carbocycles. The molecule has 5 heteroatoms. The van der Waals surface area contributed by atoms with E-state index < -0.39 is 0 Å². The van der Waals surface area contributed by atoms with Crippen molar-refractivity contribution < 1.29 is 4.79 Å². The lowest BCUT2D eigenvalue weighted by molar-refractivity contribution is -0.117. The van der Waals surface area contributed by atoms with Gasteiger partial charge < -0.3 is 5.32 Å². The minimum Gasteiger partial charge on any atom is -0.324 e. The van der Waals surface area contributed by atoms with Crippen molar-refractivity contribution in [3.05, 3.63) is 59.7 Å². The van der Waals surface area contributed by atoms with E-state index in [9.17, 15) is 4.79 Å². The molecule has 0 unspecified atom stereocenters. The van der Waals surface area contributed by atoms with Crippen LogP contribution in [-0.4, -0.2) is 30.7 Å². The van der Waals surface area contributed by atoms with Gasteiger partial charge in [-0.3, -0.25) is 9.69 Å². The maximum absolute atomic E-state index is 12.2. The Morgan fingerprint density at radius 2 is 2.04 bits per heavy atom. The van der Waals surface area contributed by atoms with Crippen LogP contribution in [-0.2, 0) is 11.3 Å². The molecule has 0 saturated heterocycles. The number of rotatable bonds is 6. The van der Waals surface area contributed by atoms with Gasteiger partial charge in [-0.15, -0.1) is 11.8 Å². The number of carbonyl (C=O) groups is 1. The minimum absolute atomic E-state index is 0.0505. The van der Waals surface area contributed by atoms with Crippen molar-refractivity contribution in [2.45, 2.75) is 11.4 Å². The summed E-state index contributed by atoms with van der Waals surface area (Å²) in [6.07, 6.45) is 1.99. The average Bonchev–Trinajstić information content (AvgIpc) is 2.55. The highest BCUT2D eigenvalue weighted by Crippen LogP contribution is 2.24. The third kappa shape index (κ3) is 5.13. The molecule has 2 rings (SSSR count). The predicted octanol–water partition coefficient (Wildman–Crippen LogP) is 3.35. The Hall–Kier alpha value is -2.29. The van der Waals surface area contributed by atoms with E-state index in [0.717, 1.165) is 16.1 Å². The van der Waals surface area contributed by atoms with Gasteiger partial charge in [0.25, 0.3) is 0 Å². The molecule has 1 N–H and O–H groups in total. The number of nitrogens with one attached hydrogen (secondary N) is 1. The summed E-state index contributed by atoms with van der Waals surface area (Å²) in [7, 11) is 1.89. The molecule has 118 valence electrons. The monoisotopic (exact) mass is 325 g/mol. The van der Waals surface area contributed by atoms with Crippen molar-refractivity contribution in [3.63, 3.8) is 0 Å². The van der Waals surface area contributed by atoms with Crippen molar-refractivity contribution in [2.75, 3.05) is 25.2 Å². The molecule has 0 aliphatic heterocycles. The van der Waals surface area contributed by atoms with Gasteiger partial charge >= 0.3 is 0 Å². The summed E-state index contributed by atoms with van der Waals surface area (Å²) in [4.78, 5) is 15.2. The fraction of sp³-hybridized carbons (Fsp3) is 0.222. The number of benzene rings is 2. The topological polar surface area (TPSA) is 56.1 Å². The summed E-state index contributed by atoms with van der Waals surface area (Å²) in [6, 6.07) is 17.3. The summed E-state index contributed by atoms with van der Waals surface area (Å²) in [6.45, 7) is 0.909. The van der Waals surface area contributed by atoms with Gasteiger partial charge in [0.05, 0.1) is 23.9 Å². The first-order valence-electron chi connectivity index (χ1n) is 7.23. The van der Waals surface area contributed by atoms with Crippen molar-refractivity contribution in [1.29, 1.82) is 5.26 Å². The number of nitriles is 1. The number of amides is 1. The van der Waals surface area contributed by atoms with Gasteiger partial charge in [0, 0.05) is 11.4 Å². The second-order valence-corrected chi connectivity index (χ2v) is 6.08. The maximum atomic E-state index is 12.2. The van der Waals surface area contributed by atoms with Crippen LogP contribution in [0, 0.1) is 11.3 Å². The lowest BCUT2D eigenvalue weighted by atomic mass is 10.1. The van der Waals surface area contributed by atoms with Gasteiger partial charge in [0.15, 0.2) is 0 Å². The van der Waals surface area contributed by atoms with E-state index in [-0.39, 0.29) is 5.91 Å². The highest BCUT2D eigenvalue weighted by atomic mass is 32.2. The van der Waals surface area contributed by atoms with Gasteiger partial charge in [-0.25, -0.2) is 0 Å². The molecule has 0 atom stereocenters. The summed E-state index contributed by atoms with van der Waals surface area (Å²) < 4.78 is 0. The highest BCUT2D eigenvalue weighted by Gasteiger charge is 2.09. The van der Waals surface area contributed by atoms with Crippen LogP contribution < -0.4 is 5.32 Å². The zero-order valence-electron chi connectivity index (χ0n) is 13.2. The molecule has 0 heterocycles. The SMILES string of the molecule is CSc1ccccc1NC(=O)CN(C)Cc1cccc(C#N)c1. The Kier molecular flexibility index (Phi) is 6.21. The van der Waals surface area contributed by atoms with Gasteiger partial charge in [-0.2, -0.15) is 5.26 Å². The molecule has 0 aliphatic rings. The van der Waals surface area contributed by atoms with E-state index >= 15 is 0 Å². The predicted molar refractivity (Wildman–Crippen MR) is 94.3 cm³/mol. The van der Waals surface area contributed by atoms with E-state index in [1.54, 1.807) is 17.8 Å². The van der Waals surface area contributed by atoms with Crippen LogP contribution >= 0.6 is 11.8 Å². The normalized spacial score (nSPS) is 10.3. The molecular formula is C18H19N3OS. The lowest BCUT2D eigenvalue weighted by Crippen LogP contribution is -2.30. The summed E-state index contributed by atoms with van der Waals surface area (Å²) in [5.74, 6) is -0.0505. The fourth-order valence-corrected chi connectivity index (χ4v) is 2.84. The quantitative estimate of drug-likeness (QED) is 0.828. The number of anilines is 1. The van der Waals surface area contributed by atoms with E-state index in [1.807, 2.05) is 60.7 Å². The van der Waals surface area contributed by atoms with Crippen molar-refractivity contribution in [3.8, 4) is 6.07 Å². The summed E-state index contributed by atoms with van der Waals surface area (Å²) >= 11 is 1.60. The molecule has 4 nitrogen and oxygen atoms in total. The van der Waals surface area contributed by atoms with Crippen LogP contribution in [0.3, 0.4) is 0 Å². The first kappa shape index (κ1) is 17.1. The molecule has 1 amide bonds. The maximum Gasteiger partial charge on any atom is 0.238 e.